The Morgan fingerprint density at radius 2 is 2.18 bits per heavy atom. The smallest absolute Gasteiger partial charge is 0.147 e. The van der Waals surface area contributed by atoms with Gasteiger partial charge in [0.15, 0.2) is 0 Å². The van der Waals surface area contributed by atoms with E-state index in [0.717, 1.165) is 6.29 Å². The number of pyridine rings is 1. The fraction of sp³-hybridized carbons (Fsp3) is 0.250. The molecule has 4 nitrogen and oxygen atoms in total. The molecular weight excluding hydrogens is 238 g/mol. The molecule has 0 saturated heterocycles. The third-order valence-corrected chi connectivity index (χ3v) is 2.77. The zero-order valence-corrected chi connectivity index (χ0v) is 10.3. The van der Waals surface area contributed by atoms with E-state index in [1.165, 1.54) is 0 Å². The zero-order chi connectivity index (χ0) is 12.5. The average Bonchev–Trinajstić information content (AvgIpc) is 2.79. The molecule has 0 unspecified atom stereocenters. The first kappa shape index (κ1) is 11.8. The SMILES string of the molecule is CC(C)(C=O)n1ccc(-c2ncccc2Cl)n1. The molecule has 0 saturated carbocycles. The van der Waals surface area contributed by atoms with Gasteiger partial charge in [-0.2, -0.15) is 5.10 Å². The summed E-state index contributed by atoms with van der Waals surface area (Å²) < 4.78 is 1.60. The summed E-state index contributed by atoms with van der Waals surface area (Å²) in [6, 6.07) is 5.31. The van der Waals surface area contributed by atoms with Crippen LogP contribution in [0.1, 0.15) is 13.8 Å². The number of hydrogen-bond acceptors (Lipinski definition) is 3. The van der Waals surface area contributed by atoms with Crippen molar-refractivity contribution >= 4 is 17.9 Å². The lowest BCUT2D eigenvalue weighted by Crippen LogP contribution is -2.28. The number of nitrogens with zero attached hydrogens (tertiary/aromatic N) is 3. The summed E-state index contributed by atoms with van der Waals surface area (Å²) in [4.78, 5) is 15.1. The lowest BCUT2D eigenvalue weighted by atomic mass is 10.1. The number of carbonyl (C=O) groups excluding carboxylic acids is 1. The van der Waals surface area contributed by atoms with Crippen molar-refractivity contribution in [1.82, 2.24) is 14.8 Å². The van der Waals surface area contributed by atoms with Gasteiger partial charge < -0.3 is 4.79 Å². The summed E-state index contributed by atoms with van der Waals surface area (Å²) in [5, 5.41) is 4.87. The summed E-state index contributed by atoms with van der Waals surface area (Å²) in [5.41, 5.74) is 0.611. The normalized spacial score (nSPS) is 11.5. The van der Waals surface area contributed by atoms with E-state index in [1.807, 2.05) is 0 Å². The topological polar surface area (TPSA) is 47.8 Å². The number of hydrogen-bond donors (Lipinski definition) is 0. The molecular formula is C12H12ClN3O. The van der Waals surface area contributed by atoms with E-state index in [0.29, 0.717) is 16.4 Å². The minimum Gasteiger partial charge on any atom is -0.301 e. The molecule has 0 aliphatic heterocycles. The van der Waals surface area contributed by atoms with Crippen LogP contribution in [-0.4, -0.2) is 21.1 Å². The van der Waals surface area contributed by atoms with Gasteiger partial charge in [-0.05, 0) is 32.0 Å². The van der Waals surface area contributed by atoms with Gasteiger partial charge in [-0.3, -0.25) is 9.67 Å². The van der Waals surface area contributed by atoms with Gasteiger partial charge in [-0.15, -0.1) is 0 Å². The van der Waals surface area contributed by atoms with Crippen LogP contribution in [0.5, 0.6) is 0 Å². The molecule has 0 aromatic carbocycles. The molecule has 0 atom stereocenters. The van der Waals surface area contributed by atoms with Gasteiger partial charge in [-0.1, -0.05) is 11.6 Å². The van der Waals surface area contributed by atoms with E-state index >= 15 is 0 Å². The molecule has 0 aliphatic carbocycles. The molecule has 0 aliphatic rings. The Hall–Kier alpha value is -1.68. The highest BCUT2D eigenvalue weighted by Crippen LogP contribution is 2.24. The van der Waals surface area contributed by atoms with Gasteiger partial charge in [-0.25, -0.2) is 0 Å². The van der Waals surface area contributed by atoms with Crippen molar-refractivity contribution in [2.45, 2.75) is 19.4 Å². The quantitative estimate of drug-likeness (QED) is 0.786. The molecule has 2 heterocycles. The Kier molecular flexibility index (Phi) is 2.98. The maximum Gasteiger partial charge on any atom is 0.147 e. The van der Waals surface area contributed by atoms with Crippen LogP contribution in [0.2, 0.25) is 5.02 Å². The van der Waals surface area contributed by atoms with Crippen molar-refractivity contribution in [3.8, 4) is 11.4 Å². The third-order valence-electron chi connectivity index (χ3n) is 2.47. The van der Waals surface area contributed by atoms with Gasteiger partial charge in [0.25, 0.3) is 0 Å². The van der Waals surface area contributed by atoms with Crippen molar-refractivity contribution in [3.05, 3.63) is 35.6 Å². The van der Waals surface area contributed by atoms with Crippen molar-refractivity contribution in [3.63, 3.8) is 0 Å². The Balaban J connectivity index is 2.44. The largest absolute Gasteiger partial charge is 0.301 e. The molecule has 0 bridgehead atoms. The summed E-state index contributed by atoms with van der Waals surface area (Å²) in [6.45, 7) is 3.58. The molecule has 17 heavy (non-hydrogen) atoms. The summed E-state index contributed by atoms with van der Waals surface area (Å²) in [7, 11) is 0. The van der Waals surface area contributed by atoms with Crippen molar-refractivity contribution in [1.29, 1.82) is 0 Å². The van der Waals surface area contributed by atoms with Crippen LogP contribution in [0, 0.1) is 0 Å². The maximum atomic E-state index is 10.9. The predicted molar refractivity (Wildman–Crippen MR) is 65.9 cm³/mol. The van der Waals surface area contributed by atoms with Crippen LogP contribution in [0.15, 0.2) is 30.6 Å². The first-order valence-corrected chi connectivity index (χ1v) is 5.56. The highest BCUT2D eigenvalue weighted by Gasteiger charge is 2.20. The van der Waals surface area contributed by atoms with Crippen molar-refractivity contribution < 1.29 is 4.79 Å². The third kappa shape index (κ3) is 2.22. The van der Waals surface area contributed by atoms with Gasteiger partial charge in [0.1, 0.15) is 23.2 Å². The number of aromatic nitrogens is 3. The number of aldehydes is 1. The second-order valence-corrected chi connectivity index (χ2v) is 4.66. The first-order valence-electron chi connectivity index (χ1n) is 5.18. The minimum absolute atomic E-state index is 0.543. The molecule has 88 valence electrons. The Labute approximate surface area is 104 Å². The predicted octanol–water partition coefficient (Wildman–Crippen LogP) is 2.53. The van der Waals surface area contributed by atoms with Crippen molar-refractivity contribution in [2.75, 3.05) is 0 Å². The number of rotatable bonds is 3. The number of halogens is 1. The minimum atomic E-state index is -0.667. The Bertz CT molecular complexity index is 548. The van der Waals surface area contributed by atoms with Crippen LogP contribution in [0.3, 0.4) is 0 Å². The van der Waals surface area contributed by atoms with Crippen LogP contribution in [0.4, 0.5) is 0 Å². The maximum absolute atomic E-state index is 10.9. The first-order chi connectivity index (χ1) is 8.04. The van der Waals surface area contributed by atoms with Crippen LogP contribution >= 0.6 is 11.6 Å². The van der Waals surface area contributed by atoms with E-state index < -0.39 is 5.54 Å². The fourth-order valence-corrected chi connectivity index (χ4v) is 1.62. The lowest BCUT2D eigenvalue weighted by Gasteiger charge is -2.17. The van der Waals surface area contributed by atoms with E-state index in [9.17, 15) is 4.79 Å². The highest BCUT2D eigenvalue weighted by molar-refractivity contribution is 6.32. The van der Waals surface area contributed by atoms with E-state index in [2.05, 4.69) is 10.1 Å². The van der Waals surface area contributed by atoms with Gasteiger partial charge >= 0.3 is 0 Å². The molecule has 0 fully saturated rings. The molecule has 0 spiro atoms. The summed E-state index contributed by atoms with van der Waals surface area (Å²) in [5.74, 6) is 0. The average molecular weight is 250 g/mol. The fourth-order valence-electron chi connectivity index (χ4n) is 1.40. The van der Waals surface area contributed by atoms with Gasteiger partial charge in [0.05, 0.1) is 5.02 Å². The van der Waals surface area contributed by atoms with Crippen LogP contribution < -0.4 is 0 Å². The Morgan fingerprint density at radius 1 is 1.41 bits per heavy atom. The summed E-state index contributed by atoms with van der Waals surface area (Å²) in [6.07, 6.45) is 4.25. The molecule has 0 N–H and O–H groups in total. The van der Waals surface area contributed by atoms with Crippen LogP contribution in [-0.2, 0) is 10.3 Å². The molecule has 2 rings (SSSR count). The lowest BCUT2D eigenvalue weighted by molar-refractivity contribution is -0.114. The number of carbonyl (C=O) groups is 1. The Morgan fingerprint density at radius 3 is 2.82 bits per heavy atom. The molecule has 2 aromatic heterocycles. The van der Waals surface area contributed by atoms with Crippen molar-refractivity contribution in [2.24, 2.45) is 0 Å². The second-order valence-electron chi connectivity index (χ2n) is 4.25. The summed E-state index contributed by atoms with van der Waals surface area (Å²) >= 11 is 6.03. The highest BCUT2D eigenvalue weighted by atomic mass is 35.5. The van der Waals surface area contributed by atoms with Gasteiger partial charge in [0.2, 0.25) is 0 Å². The molecule has 0 amide bonds. The molecule has 5 heteroatoms. The second kappa shape index (κ2) is 4.30. The molecule has 0 radical (unpaired) electrons. The molecule has 2 aromatic rings. The van der Waals surface area contributed by atoms with Gasteiger partial charge in [0, 0.05) is 12.4 Å². The van der Waals surface area contributed by atoms with Crippen LogP contribution in [0.25, 0.3) is 11.4 Å². The monoisotopic (exact) mass is 249 g/mol. The van der Waals surface area contributed by atoms with E-state index in [-0.39, 0.29) is 0 Å². The van der Waals surface area contributed by atoms with E-state index in [1.54, 1.807) is 49.1 Å². The standard InChI is InChI=1S/C12H12ClN3O/c1-12(2,8-17)16-7-5-10(15-16)11-9(13)4-3-6-14-11/h3-8H,1-2H3. The zero-order valence-electron chi connectivity index (χ0n) is 9.59. The van der Waals surface area contributed by atoms with E-state index in [4.69, 9.17) is 11.6 Å².